The van der Waals surface area contributed by atoms with Crippen LogP contribution in [0.25, 0.3) is 5.57 Å². The molecule has 0 saturated carbocycles. The van der Waals surface area contributed by atoms with Crippen LogP contribution in [0.4, 0.5) is 0 Å². The van der Waals surface area contributed by atoms with Gasteiger partial charge in [-0.1, -0.05) is 36.7 Å². The van der Waals surface area contributed by atoms with Gasteiger partial charge in [-0.2, -0.15) is 0 Å². The molecule has 0 amide bonds. The number of carbonyl (C=O) groups excluding carboxylic acids is 1. The lowest BCUT2D eigenvalue weighted by atomic mass is 9.93. The Morgan fingerprint density at radius 3 is 2.76 bits per heavy atom. The largest absolute Gasteiger partial charge is 0.294 e. The van der Waals surface area contributed by atoms with Crippen LogP contribution in [0.3, 0.4) is 0 Å². The van der Waals surface area contributed by atoms with E-state index in [4.69, 9.17) is 11.6 Å². The Morgan fingerprint density at radius 2 is 2.18 bits per heavy atom. The first-order valence-electron chi connectivity index (χ1n) is 5.83. The maximum atomic E-state index is 11.9. The number of ketones is 1. The third kappa shape index (κ3) is 2.34. The quantitative estimate of drug-likeness (QED) is 0.709. The average Bonchev–Trinajstić information content (AvgIpc) is 2.74. The monoisotopic (exact) mass is 246 g/mol. The molecule has 0 unspecified atom stereocenters. The highest BCUT2D eigenvalue weighted by Gasteiger charge is 2.16. The molecule has 0 heterocycles. The van der Waals surface area contributed by atoms with Gasteiger partial charge in [0.2, 0.25) is 0 Å². The standard InChI is InChI=1S/C15H15ClO/c1-3-15(17)14-9-11(16)7-8-13(14)12-6-4-5-10(12)2/h4-5,7-9H,3,6H2,1-2H3. The predicted octanol–water partition coefficient (Wildman–Crippen LogP) is 4.67. The highest BCUT2D eigenvalue weighted by molar-refractivity contribution is 6.31. The molecule has 1 aliphatic carbocycles. The van der Waals surface area contributed by atoms with Crippen molar-refractivity contribution in [1.29, 1.82) is 0 Å². The van der Waals surface area contributed by atoms with Gasteiger partial charge in [0.15, 0.2) is 5.78 Å². The Bertz CT molecular complexity index is 524. The zero-order chi connectivity index (χ0) is 12.4. The maximum Gasteiger partial charge on any atom is 0.163 e. The van der Waals surface area contributed by atoms with Crippen LogP contribution in [0.15, 0.2) is 35.9 Å². The molecule has 1 aliphatic rings. The summed E-state index contributed by atoms with van der Waals surface area (Å²) in [6.45, 7) is 3.95. The van der Waals surface area contributed by atoms with Crippen molar-refractivity contribution >= 4 is 23.0 Å². The molecular formula is C15H15ClO. The van der Waals surface area contributed by atoms with Crippen LogP contribution in [0.2, 0.25) is 5.02 Å². The molecule has 1 nitrogen and oxygen atoms in total. The molecule has 2 heteroatoms. The summed E-state index contributed by atoms with van der Waals surface area (Å²) in [5, 5.41) is 0.620. The van der Waals surface area contributed by atoms with E-state index in [0.29, 0.717) is 11.4 Å². The summed E-state index contributed by atoms with van der Waals surface area (Å²) in [6, 6.07) is 5.58. The number of Topliss-reactive ketones (excluding diaryl/α,β-unsaturated/α-hetero) is 1. The second-order valence-corrected chi connectivity index (χ2v) is 4.67. The lowest BCUT2D eigenvalue weighted by Crippen LogP contribution is -2.02. The summed E-state index contributed by atoms with van der Waals surface area (Å²) in [5.74, 6) is 0.148. The van der Waals surface area contributed by atoms with Crippen LogP contribution in [-0.4, -0.2) is 5.78 Å². The van der Waals surface area contributed by atoms with Crippen molar-refractivity contribution in [2.45, 2.75) is 26.7 Å². The SMILES string of the molecule is CCC(=O)c1cc(Cl)ccc1C1=C(C)C=CC1. The molecule has 17 heavy (non-hydrogen) atoms. The van der Waals surface area contributed by atoms with E-state index in [1.807, 2.05) is 19.1 Å². The van der Waals surface area contributed by atoms with Crippen LogP contribution in [-0.2, 0) is 0 Å². The number of hydrogen-bond donors (Lipinski definition) is 0. The lowest BCUT2D eigenvalue weighted by Gasteiger charge is -2.11. The third-order valence-electron chi connectivity index (χ3n) is 3.09. The zero-order valence-corrected chi connectivity index (χ0v) is 10.8. The Balaban J connectivity index is 2.54. The van der Waals surface area contributed by atoms with E-state index in [0.717, 1.165) is 17.5 Å². The van der Waals surface area contributed by atoms with Gasteiger partial charge in [0, 0.05) is 17.0 Å². The molecule has 0 spiro atoms. The summed E-state index contributed by atoms with van der Waals surface area (Å²) in [6.07, 6.45) is 5.63. The molecule has 88 valence electrons. The molecule has 0 saturated heterocycles. The van der Waals surface area contributed by atoms with Crippen molar-refractivity contribution in [1.82, 2.24) is 0 Å². The van der Waals surface area contributed by atoms with Gasteiger partial charge in [-0.3, -0.25) is 4.79 Å². The van der Waals surface area contributed by atoms with E-state index in [-0.39, 0.29) is 5.78 Å². The lowest BCUT2D eigenvalue weighted by molar-refractivity contribution is 0.0988. The first-order valence-corrected chi connectivity index (χ1v) is 6.20. The average molecular weight is 247 g/mol. The Hall–Kier alpha value is -1.34. The van der Waals surface area contributed by atoms with Gasteiger partial charge in [0.05, 0.1) is 0 Å². The molecule has 0 bridgehead atoms. The highest BCUT2D eigenvalue weighted by Crippen LogP contribution is 2.32. The summed E-state index contributed by atoms with van der Waals surface area (Å²) in [4.78, 5) is 11.9. The molecule has 0 aliphatic heterocycles. The first kappa shape index (κ1) is 12.1. The van der Waals surface area contributed by atoms with Gasteiger partial charge in [-0.15, -0.1) is 0 Å². The van der Waals surface area contributed by atoms with Crippen molar-refractivity contribution in [3.05, 3.63) is 52.1 Å². The summed E-state index contributed by atoms with van der Waals surface area (Å²) in [7, 11) is 0. The van der Waals surface area contributed by atoms with Crippen LogP contribution in [0.5, 0.6) is 0 Å². The summed E-state index contributed by atoms with van der Waals surface area (Å²) < 4.78 is 0. The molecule has 0 fully saturated rings. The number of carbonyl (C=O) groups is 1. The fourth-order valence-corrected chi connectivity index (χ4v) is 2.31. The fourth-order valence-electron chi connectivity index (χ4n) is 2.14. The molecule has 0 radical (unpaired) electrons. The molecule has 0 N–H and O–H groups in total. The minimum absolute atomic E-state index is 0.148. The van der Waals surface area contributed by atoms with Crippen LogP contribution in [0.1, 0.15) is 42.6 Å². The van der Waals surface area contributed by atoms with Crippen molar-refractivity contribution in [2.75, 3.05) is 0 Å². The number of benzene rings is 1. The number of hydrogen-bond acceptors (Lipinski definition) is 1. The highest BCUT2D eigenvalue weighted by atomic mass is 35.5. The number of halogens is 1. The molecular weight excluding hydrogens is 232 g/mol. The van der Waals surface area contributed by atoms with Crippen molar-refractivity contribution < 1.29 is 4.79 Å². The first-order chi connectivity index (χ1) is 8.13. The van der Waals surface area contributed by atoms with Crippen molar-refractivity contribution in [3.8, 4) is 0 Å². The van der Waals surface area contributed by atoms with E-state index in [1.165, 1.54) is 11.1 Å². The predicted molar refractivity (Wildman–Crippen MR) is 72.4 cm³/mol. The van der Waals surface area contributed by atoms with Crippen LogP contribution < -0.4 is 0 Å². The third-order valence-corrected chi connectivity index (χ3v) is 3.33. The second-order valence-electron chi connectivity index (χ2n) is 4.23. The molecule has 0 atom stereocenters. The van der Waals surface area contributed by atoms with E-state index >= 15 is 0 Å². The van der Waals surface area contributed by atoms with Gasteiger partial charge in [-0.05, 0) is 42.2 Å². The molecule has 2 rings (SSSR count). The normalized spacial score (nSPS) is 14.5. The second kappa shape index (κ2) is 4.89. The Labute approximate surface area is 107 Å². The fraction of sp³-hybridized carbons (Fsp3) is 0.267. The minimum atomic E-state index is 0.148. The van der Waals surface area contributed by atoms with Gasteiger partial charge >= 0.3 is 0 Å². The molecule has 0 aromatic heterocycles. The Morgan fingerprint density at radius 1 is 1.41 bits per heavy atom. The molecule has 1 aromatic rings. The number of allylic oxidation sites excluding steroid dienone is 4. The van der Waals surface area contributed by atoms with Crippen LogP contribution in [0, 0.1) is 0 Å². The number of rotatable bonds is 3. The Kier molecular flexibility index (Phi) is 3.49. The zero-order valence-electron chi connectivity index (χ0n) is 10.1. The van der Waals surface area contributed by atoms with E-state index in [2.05, 4.69) is 19.1 Å². The molecule has 1 aromatic carbocycles. The summed E-state index contributed by atoms with van der Waals surface area (Å²) >= 11 is 5.98. The van der Waals surface area contributed by atoms with E-state index < -0.39 is 0 Å². The maximum absolute atomic E-state index is 11.9. The van der Waals surface area contributed by atoms with E-state index in [1.54, 1.807) is 6.07 Å². The van der Waals surface area contributed by atoms with Crippen molar-refractivity contribution in [2.24, 2.45) is 0 Å². The van der Waals surface area contributed by atoms with Gasteiger partial charge in [-0.25, -0.2) is 0 Å². The van der Waals surface area contributed by atoms with Crippen LogP contribution >= 0.6 is 11.6 Å². The minimum Gasteiger partial charge on any atom is -0.294 e. The smallest absolute Gasteiger partial charge is 0.163 e. The topological polar surface area (TPSA) is 17.1 Å². The van der Waals surface area contributed by atoms with Gasteiger partial charge < -0.3 is 0 Å². The van der Waals surface area contributed by atoms with Gasteiger partial charge in [0.25, 0.3) is 0 Å². The van der Waals surface area contributed by atoms with Gasteiger partial charge in [0.1, 0.15) is 0 Å². The van der Waals surface area contributed by atoms with Crippen molar-refractivity contribution in [3.63, 3.8) is 0 Å². The summed E-state index contributed by atoms with van der Waals surface area (Å²) in [5.41, 5.74) is 4.25. The van der Waals surface area contributed by atoms with E-state index in [9.17, 15) is 4.79 Å².